The Hall–Kier alpha value is -0.790. The van der Waals surface area contributed by atoms with Crippen LogP contribution in [-0.2, 0) is 4.79 Å². The Morgan fingerprint density at radius 1 is 1.43 bits per heavy atom. The van der Waals surface area contributed by atoms with Crippen molar-refractivity contribution in [1.82, 2.24) is 0 Å². The summed E-state index contributed by atoms with van der Waals surface area (Å²) < 4.78 is 0. The van der Waals surface area contributed by atoms with Gasteiger partial charge < -0.3 is 5.11 Å². The zero-order chi connectivity index (χ0) is 10.4. The van der Waals surface area contributed by atoms with Crippen LogP contribution in [0.4, 0.5) is 0 Å². The van der Waals surface area contributed by atoms with E-state index < -0.39 is 5.97 Å². The number of carboxylic acids is 1. The molecule has 1 unspecified atom stereocenters. The standard InChI is InChI=1S/C12H20O2/c1-10(6-5-9-12(13)14)11-7-3-2-4-8-11/h5,9-11H,2-4,6-8H2,1H3,(H,13,14)/b9-5+. The number of hydrogen-bond donors (Lipinski definition) is 1. The first kappa shape index (κ1) is 11.3. The lowest BCUT2D eigenvalue weighted by molar-refractivity contribution is -0.131. The van der Waals surface area contributed by atoms with Crippen LogP contribution in [0.3, 0.4) is 0 Å². The maximum atomic E-state index is 10.3. The molecule has 1 aliphatic rings. The van der Waals surface area contributed by atoms with Crippen LogP contribution in [0, 0.1) is 11.8 Å². The molecule has 1 aliphatic carbocycles. The first-order valence-electron chi connectivity index (χ1n) is 5.59. The van der Waals surface area contributed by atoms with Gasteiger partial charge in [-0.25, -0.2) is 4.79 Å². The van der Waals surface area contributed by atoms with Gasteiger partial charge in [-0.2, -0.15) is 0 Å². The van der Waals surface area contributed by atoms with Crippen molar-refractivity contribution < 1.29 is 9.90 Å². The minimum atomic E-state index is -0.833. The Labute approximate surface area is 86.0 Å². The molecule has 0 aromatic heterocycles. The Balaban J connectivity index is 2.25. The van der Waals surface area contributed by atoms with Gasteiger partial charge in [0.25, 0.3) is 0 Å². The van der Waals surface area contributed by atoms with Crippen LogP contribution in [0.2, 0.25) is 0 Å². The highest BCUT2D eigenvalue weighted by atomic mass is 16.4. The molecule has 0 heterocycles. The minimum Gasteiger partial charge on any atom is -0.478 e. The highest BCUT2D eigenvalue weighted by Crippen LogP contribution is 2.31. The molecule has 1 N–H and O–H groups in total. The Morgan fingerprint density at radius 2 is 2.07 bits per heavy atom. The highest BCUT2D eigenvalue weighted by molar-refractivity contribution is 5.79. The Morgan fingerprint density at radius 3 is 2.64 bits per heavy atom. The number of allylic oxidation sites excluding steroid dienone is 1. The van der Waals surface area contributed by atoms with Gasteiger partial charge in [0.05, 0.1) is 0 Å². The zero-order valence-electron chi connectivity index (χ0n) is 8.91. The molecule has 2 nitrogen and oxygen atoms in total. The van der Waals surface area contributed by atoms with Gasteiger partial charge in [0, 0.05) is 6.08 Å². The normalized spacial score (nSPS) is 21.2. The molecule has 1 fully saturated rings. The SMILES string of the molecule is CC(C/C=C/C(=O)O)C1CCCCC1. The summed E-state index contributed by atoms with van der Waals surface area (Å²) in [6.45, 7) is 2.24. The lowest BCUT2D eigenvalue weighted by atomic mass is 9.79. The molecule has 14 heavy (non-hydrogen) atoms. The van der Waals surface area contributed by atoms with Crippen LogP contribution < -0.4 is 0 Å². The van der Waals surface area contributed by atoms with Gasteiger partial charge in [0.15, 0.2) is 0 Å². The van der Waals surface area contributed by atoms with Gasteiger partial charge >= 0.3 is 5.97 Å². The first-order chi connectivity index (χ1) is 6.70. The van der Waals surface area contributed by atoms with Gasteiger partial charge in [-0.1, -0.05) is 45.1 Å². The fourth-order valence-electron chi connectivity index (χ4n) is 2.28. The van der Waals surface area contributed by atoms with E-state index in [0.29, 0.717) is 5.92 Å². The largest absolute Gasteiger partial charge is 0.478 e. The van der Waals surface area contributed by atoms with E-state index in [1.807, 2.05) is 0 Å². The molecule has 1 saturated carbocycles. The summed E-state index contributed by atoms with van der Waals surface area (Å²) in [7, 11) is 0. The smallest absolute Gasteiger partial charge is 0.327 e. The van der Waals surface area contributed by atoms with Crippen molar-refractivity contribution in [2.45, 2.75) is 45.4 Å². The van der Waals surface area contributed by atoms with Crippen LogP contribution in [0.15, 0.2) is 12.2 Å². The summed E-state index contributed by atoms with van der Waals surface area (Å²) in [6.07, 6.45) is 10.7. The lowest BCUT2D eigenvalue weighted by Gasteiger charge is -2.26. The zero-order valence-corrected chi connectivity index (χ0v) is 8.91. The molecule has 0 saturated heterocycles. The molecule has 80 valence electrons. The fraction of sp³-hybridized carbons (Fsp3) is 0.750. The van der Waals surface area contributed by atoms with Crippen molar-refractivity contribution in [2.75, 3.05) is 0 Å². The summed E-state index contributed by atoms with van der Waals surface area (Å²) in [5, 5.41) is 8.45. The minimum absolute atomic E-state index is 0.644. The van der Waals surface area contributed by atoms with E-state index in [-0.39, 0.29) is 0 Å². The Bertz CT molecular complexity index is 202. The topological polar surface area (TPSA) is 37.3 Å². The third-order valence-corrected chi connectivity index (χ3v) is 3.22. The molecule has 0 aliphatic heterocycles. The molecular weight excluding hydrogens is 176 g/mol. The lowest BCUT2D eigenvalue weighted by Crippen LogP contribution is -2.14. The van der Waals surface area contributed by atoms with Gasteiger partial charge in [0.1, 0.15) is 0 Å². The van der Waals surface area contributed by atoms with Crippen molar-refractivity contribution in [3.05, 3.63) is 12.2 Å². The molecule has 0 aromatic rings. The van der Waals surface area contributed by atoms with E-state index in [1.165, 1.54) is 38.2 Å². The third-order valence-electron chi connectivity index (χ3n) is 3.22. The maximum Gasteiger partial charge on any atom is 0.327 e. The van der Waals surface area contributed by atoms with E-state index in [2.05, 4.69) is 6.92 Å². The predicted octanol–water partition coefficient (Wildman–Crippen LogP) is 3.23. The Kier molecular flexibility index (Phi) is 4.71. The maximum absolute atomic E-state index is 10.3. The predicted molar refractivity (Wildman–Crippen MR) is 57.1 cm³/mol. The molecule has 0 bridgehead atoms. The van der Waals surface area contributed by atoms with E-state index in [1.54, 1.807) is 6.08 Å². The molecular formula is C12H20O2. The van der Waals surface area contributed by atoms with E-state index in [4.69, 9.17) is 5.11 Å². The van der Waals surface area contributed by atoms with E-state index in [9.17, 15) is 4.79 Å². The molecule has 0 radical (unpaired) electrons. The number of rotatable bonds is 4. The second-order valence-electron chi connectivity index (χ2n) is 4.35. The number of hydrogen-bond acceptors (Lipinski definition) is 1. The summed E-state index contributed by atoms with van der Waals surface area (Å²) in [5.74, 6) is 0.633. The average molecular weight is 196 g/mol. The van der Waals surface area contributed by atoms with Gasteiger partial charge in [0.2, 0.25) is 0 Å². The monoisotopic (exact) mass is 196 g/mol. The van der Waals surface area contributed by atoms with Crippen molar-refractivity contribution in [3.63, 3.8) is 0 Å². The van der Waals surface area contributed by atoms with Crippen LogP contribution >= 0.6 is 0 Å². The second kappa shape index (κ2) is 5.84. The van der Waals surface area contributed by atoms with Crippen molar-refractivity contribution in [2.24, 2.45) is 11.8 Å². The van der Waals surface area contributed by atoms with E-state index >= 15 is 0 Å². The number of aliphatic carboxylic acids is 1. The van der Waals surface area contributed by atoms with Gasteiger partial charge in [-0.3, -0.25) is 0 Å². The second-order valence-corrected chi connectivity index (χ2v) is 4.35. The molecule has 1 rings (SSSR count). The van der Waals surface area contributed by atoms with Gasteiger partial charge in [-0.15, -0.1) is 0 Å². The first-order valence-corrected chi connectivity index (χ1v) is 5.59. The molecule has 1 atom stereocenters. The fourth-order valence-corrected chi connectivity index (χ4v) is 2.28. The van der Waals surface area contributed by atoms with Crippen LogP contribution in [-0.4, -0.2) is 11.1 Å². The molecule has 0 aromatic carbocycles. The van der Waals surface area contributed by atoms with Crippen LogP contribution in [0.1, 0.15) is 45.4 Å². The molecule has 2 heteroatoms. The number of carbonyl (C=O) groups is 1. The highest BCUT2D eigenvalue weighted by Gasteiger charge is 2.18. The third kappa shape index (κ3) is 3.95. The molecule has 0 amide bonds. The summed E-state index contributed by atoms with van der Waals surface area (Å²) >= 11 is 0. The average Bonchev–Trinajstić information content (AvgIpc) is 2.18. The van der Waals surface area contributed by atoms with E-state index in [0.717, 1.165) is 12.3 Å². The number of carboxylic acid groups (broad SMARTS) is 1. The quantitative estimate of drug-likeness (QED) is 0.701. The van der Waals surface area contributed by atoms with Crippen LogP contribution in [0.5, 0.6) is 0 Å². The van der Waals surface area contributed by atoms with Crippen molar-refractivity contribution in [1.29, 1.82) is 0 Å². The summed E-state index contributed by atoms with van der Waals surface area (Å²) in [4.78, 5) is 10.3. The van der Waals surface area contributed by atoms with Gasteiger partial charge in [-0.05, 0) is 18.3 Å². The van der Waals surface area contributed by atoms with Crippen LogP contribution in [0.25, 0.3) is 0 Å². The summed E-state index contributed by atoms with van der Waals surface area (Å²) in [6, 6.07) is 0. The summed E-state index contributed by atoms with van der Waals surface area (Å²) in [5.41, 5.74) is 0. The van der Waals surface area contributed by atoms with Crippen molar-refractivity contribution >= 4 is 5.97 Å². The van der Waals surface area contributed by atoms with Crippen molar-refractivity contribution in [3.8, 4) is 0 Å². The molecule has 0 spiro atoms.